The Morgan fingerprint density at radius 3 is 2.25 bits per heavy atom. The zero-order valence-electron chi connectivity index (χ0n) is 27.2. The lowest BCUT2D eigenvalue weighted by molar-refractivity contribution is -0.308. The Bertz CT molecular complexity index is 2040. The van der Waals surface area contributed by atoms with E-state index in [2.05, 4.69) is 0 Å². The molecule has 2 saturated heterocycles. The SMILES string of the molecule is O=C(/C=C/c1ccc(O)cc1)O[C@H]1[C@H](Oc2c(-c3ccc(O)c(O)c3)oc3cc(O)cc(O)c3c2=O)O[C@H](CO[C@@H]2OC[C@@H](O)[C@H](O)[C@H]2O)[C@@H](O)[C@@H]1O. The van der Waals surface area contributed by atoms with Crippen LogP contribution in [0.15, 0.2) is 69.9 Å². The molecule has 18 heteroatoms. The van der Waals surface area contributed by atoms with Crippen molar-refractivity contribution in [2.75, 3.05) is 13.2 Å². The van der Waals surface area contributed by atoms with Gasteiger partial charge in [0.05, 0.1) is 13.2 Å². The summed E-state index contributed by atoms with van der Waals surface area (Å²) in [6.45, 7) is -1.09. The number of carbonyl (C=O) groups is 1. The largest absolute Gasteiger partial charge is 0.508 e. The van der Waals surface area contributed by atoms with Crippen molar-refractivity contribution in [2.45, 2.75) is 55.3 Å². The molecular weight excluding hydrogens is 708 g/mol. The summed E-state index contributed by atoms with van der Waals surface area (Å²) in [5.74, 6) is -4.71. The minimum atomic E-state index is -2.02. The normalized spacial score (nSPS) is 27.5. The van der Waals surface area contributed by atoms with Crippen molar-refractivity contribution < 1.29 is 84.0 Å². The van der Waals surface area contributed by atoms with Crippen LogP contribution < -0.4 is 10.2 Å². The van der Waals surface area contributed by atoms with Crippen LogP contribution in [0.4, 0.5) is 0 Å². The Balaban J connectivity index is 1.37. The number of hydrogen-bond acceptors (Lipinski definition) is 18. The van der Waals surface area contributed by atoms with Crippen molar-refractivity contribution in [1.29, 1.82) is 0 Å². The summed E-state index contributed by atoms with van der Waals surface area (Å²) in [6.07, 6.45) is -13.4. The lowest BCUT2D eigenvalue weighted by Crippen LogP contribution is -2.62. The molecule has 3 aromatic carbocycles. The fourth-order valence-electron chi connectivity index (χ4n) is 5.65. The molecule has 0 amide bonds. The predicted octanol–water partition coefficient (Wildman–Crippen LogP) is -0.106. The van der Waals surface area contributed by atoms with Gasteiger partial charge in [0, 0.05) is 23.8 Å². The summed E-state index contributed by atoms with van der Waals surface area (Å²) in [6, 6.07) is 10.9. The molecule has 4 aromatic rings. The number of ether oxygens (including phenoxy) is 5. The number of esters is 1. The second-order valence-electron chi connectivity index (χ2n) is 12.2. The Hall–Kier alpha value is -5.44. The van der Waals surface area contributed by atoms with Gasteiger partial charge in [-0.15, -0.1) is 0 Å². The molecule has 0 unspecified atom stereocenters. The lowest BCUT2D eigenvalue weighted by Gasteiger charge is -2.42. The quantitative estimate of drug-likeness (QED) is 0.0608. The highest BCUT2D eigenvalue weighted by Gasteiger charge is 2.49. The number of carbonyl (C=O) groups excluding carboxylic acids is 1. The summed E-state index contributed by atoms with van der Waals surface area (Å²) in [5, 5.41) is 102. The Morgan fingerprint density at radius 1 is 0.792 bits per heavy atom. The van der Waals surface area contributed by atoms with E-state index < -0.39 is 120 Å². The van der Waals surface area contributed by atoms with Gasteiger partial charge in [-0.25, -0.2) is 4.79 Å². The van der Waals surface area contributed by atoms with Gasteiger partial charge in [-0.1, -0.05) is 12.1 Å². The van der Waals surface area contributed by atoms with Crippen molar-refractivity contribution in [1.82, 2.24) is 0 Å². The number of aliphatic hydroxyl groups excluding tert-OH is 5. The van der Waals surface area contributed by atoms with Crippen molar-refractivity contribution in [2.24, 2.45) is 0 Å². The van der Waals surface area contributed by atoms with E-state index >= 15 is 0 Å². The minimum absolute atomic E-state index is 0.0248. The number of hydrogen-bond donors (Lipinski definition) is 10. The topological polar surface area (TPSA) is 296 Å². The molecular formula is C35H34O18. The molecule has 9 atom stereocenters. The summed E-state index contributed by atoms with van der Waals surface area (Å²) >= 11 is 0. The highest BCUT2D eigenvalue weighted by atomic mass is 16.7. The predicted molar refractivity (Wildman–Crippen MR) is 177 cm³/mol. The van der Waals surface area contributed by atoms with Crippen LogP contribution in [0.1, 0.15) is 5.56 Å². The molecule has 0 radical (unpaired) electrons. The molecule has 0 spiro atoms. The smallest absolute Gasteiger partial charge is 0.331 e. The molecule has 10 N–H and O–H groups in total. The van der Waals surface area contributed by atoms with Gasteiger partial charge in [-0.2, -0.15) is 0 Å². The number of aromatic hydroxyl groups is 5. The average molecular weight is 743 g/mol. The maximum Gasteiger partial charge on any atom is 0.331 e. The number of aliphatic hydroxyl groups is 5. The van der Waals surface area contributed by atoms with E-state index in [9.17, 15) is 60.7 Å². The zero-order chi connectivity index (χ0) is 38.1. The van der Waals surface area contributed by atoms with Crippen LogP contribution in [0.5, 0.6) is 34.5 Å². The van der Waals surface area contributed by atoms with E-state index in [1.807, 2.05) is 0 Å². The summed E-state index contributed by atoms with van der Waals surface area (Å²) in [4.78, 5) is 27.0. The molecule has 53 heavy (non-hydrogen) atoms. The molecule has 0 aliphatic carbocycles. The number of fused-ring (bicyclic) bond motifs is 1. The van der Waals surface area contributed by atoms with Gasteiger partial charge in [0.15, 0.2) is 29.7 Å². The maximum absolute atomic E-state index is 14.0. The second-order valence-corrected chi connectivity index (χ2v) is 12.2. The molecule has 18 nitrogen and oxygen atoms in total. The van der Waals surface area contributed by atoms with E-state index in [0.717, 1.165) is 30.3 Å². The van der Waals surface area contributed by atoms with Crippen molar-refractivity contribution in [3.05, 3.63) is 76.5 Å². The van der Waals surface area contributed by atoms with Crippen LogP contribution >= 0.6 is 0 Å². The third-order valence-corrected chi connectivity index (χ3v) is 8.47. The first-order valence-electron chi connectivity index (χ1n) is 15.9. The third-order valence-electron chi connectivity index (χ3n) is 8.47. The number of benzene rings is 3. The first-order valence-corrected chi connectivity index (χ1v) is 15.9. The van der Waals surface area contributed by atoms with E-state index in [1.165, 1.54) is 36.4 Å². The van der Waals surface area contributed by atoms with Gasteiger partial charge in [0.2, 0.25) is 17.5 Å². The van der Waals surface area contributed by atoms with Crippen LogP contribution in [-0.2, 0) is 23.7 Å². The van der Waals surface area contributed by atoms with Crippen molar-refractivity contribution in [3.63, 3.8) is 0 Å². The minimum Gasteiger partial charge on any atom is -0.508 e. The van der Waals surface area contributed by atoms with E-state index in [-0.39, 0.29) is 16.9 Å². The number of phenolic OH excluding ortho intramolecular Hbond substituents is 5. The highest BCUT2D eigenvalue weighted by Crippen LogP contribution is 2.40. The Morgan fingerprint density at radius 2 is 1.53 bits per heavy atom. The monoisotopic (exact) mass is 742 g/mol. The molecule has 3 heterocycles. The van der Waals surface area contributed by atoms with Gasteiger partial charge in [-0.3, -0.25) is 4.79 Å². The molecule has 6 rings (SSSR count). The fourth-order valence-corrected chi connectivity index (χ4v) is 5.65. The van der Waals surface area contributed by atoms with E-state index in [1.54, 1.807) is 0 Å². The first kappa shape index (κ1) is 37.3. The third kappa shape index (κ3) is 7.84. The number of phenols is 5. The Labute approximate surface area is 297 Å². The van der Waals surface area contributed by atoms with Crippen LogP contribution in [-0.4, -0.2) is 126 Å². The summed E-state index contributed by atoms with van der Waals surface area (Å²) < 4.78 is 33.8. The van der Waals surface area contributed by atoms with Gasteiger partial charge in [0.25, 0.3) is 0 Å². The Kier molecular flexibility index (Phi) is 10.8. The van der Waals surface area contributed by atoms with Gasteiger partial charge >= 0.3 is 5.97 Å². The first-order chi connectivity index (χ1) is 25.2. The van der Waals surface area contributed by atoms with Gasteiger partial charge in [0.1, 0.15) is 64.8 Å². The molecule has 2 aliphatic heterocycles. The standard InChI is InChI=1S/C35H34O18/c36-16-5-1-14(2-6-16)3-8-24(42)52-33-29(46)27(44)23(13-49-34-30(47)26(43)21(41)12-48-34)51-35(33)53-32-28(45)25-20(40)10-17(37)11-22(25)50-31(32)15-4-7-18(38)19(39)9-15/h1-11,21,23,26-27,29-30,33-41,43-44,46-47H,12-13H2/b8-3+/t21-,23-,26+,27-,29+,30-,33-,34+,35+/m1/s1. The van der Waals surface area contributed by atoms with Crippen LogP contribution in [0.25, 0.3) is 28.4 Å². The van der Waals surface area contributed by atoms with Crippen molar-refractivity contribution in [3.8, 4) is 45.8 Å². The van der Waals surface area contributed by atoms with E-state index in [4.69, 9.17) is 28.1 Å². The van der Waals surface area contributed by atoms with Crippen LogP contribution in [0, 0.1) is 0 Å². The van der Waals surface area contributed by atoms with Crippen LogP contribution in [0.2, 0.25) is 0 Å². The van der Waals surface area contributed by atoms with Gasteiger partial charge in [-0.05, 0) is 42.0 Å². The second kappa shape index (κ2) is 15.3. The maximum atomic E-state index is 14.0. The molecule has 282 valence electrons. The lowest BCUT2D eigenvalue weighted by atomic mass is 9.98. The van der Waals surface area contributed by atoms with Crippen molar-refractivity contribution >= 4 is 23.0 Å². The molecule has 2 fully saturated rings. The highest BCUT2D eigenvalue weighted by molar-refractivity contribution is 5.89. The summed E-state index contributed by atoms with van der Waals surface area (Å²) in [5.41, 5.74) is -1.03. The molecule has 1 aromatic heterocycles. The summed E-state index contributed by atoms with van der Waals surface area (Å²) in [7, 11) is 0. The fraction of sp³-hybridized carbons (Fsp3) is 0.314. The number of rotatable bonds is 9. The molecule has 0 saturated carbocycles. The molecule has 2 aliphatic rings. The van der Waals surface area contributed by atoms with E-state index in [0.29, 0.717) is 5.56 Å². The van der Waals surface area contributed by atoms with Crippen LogP contribution in [0.3, 0.4) is 0 Å². The zero-order valence-corrected chi connectivity index (χ0v) is 27.2. The molecule has 0 bridgehead atoms. The van der Waals surface area contributed by atoms with Gasteiger partial charge < -0.3 is 79.2 Å². The average Bonchev–Trinajstić information content (AvgIpc) is 3.12.